The lowest BCUT2D eigenvalue weighted by Gasteiger charge is -2.28. The Hall–Kier alpha value is -1.67. The molecule has 0 saturated heterocycles. The molecule has 1 aliphatic rings. The lowest BCUT2D eigenvalue weighted by atomic mass is 9.87. The lowest BCUT2D eigenvalue weighted by Crippen LogP contribution is -2.28. The number of carboxylic acids is 1. The normalized spacial score (nSPS) is 19.7. The van der Waals surface area contributed by atoms with Gasteiger partial charge in [0.25, 0.3) is 0 Å². The molecule has 21 heavy (non-hydrogen) atoms. The second-order valence-electron chi connectivity index (χ2n) is 5.19. The van der Waals surface area contributed by atoms with E-state index in [0.717, 1.165) is 4.68 Å². The first kappa shape index (κ1) is 15.7. The zero-order chi connectivity index (χ0) is 15.8. The molecule has 0 aromatic carbocycles. The Labute approximate surface area is 116 Å². The van der Waals surface area contributed by atoms with Crippen molar-refractivity contribution in [3.05, 3.63) is 17.5 Å². The molecule has 2 rings (SSSR count). The molecule has 0 spiro atoms. The van der Waals surface area contributed by atoms with Crippen LogP contribution in [0.25, 0.3) is 0 Å². The number of hydrogen-bond acceptors (Lipinski definition) is 2. The molecular formula is C12H13F5N2O2. The van der Waals surface area contributed by atoms with Crippen molar-refractivity contribution in [2.75, 3.05) is 0 Å². The largest absolute Gasteiger partial charge is 0.477 e. The van der Waals surface area contributed by atoms with Gasteiger partial charge >= 0.3 is 12.1 Å². The van der Waals surface area contributed by atoms with Gasteiger partial charge in [-0.2, -0.15) is 18.3 Å². The van der Waals surface area contributed by atoms with Gasteiger partial charge in [-0.25, -0.2) is 13.6 Å². The fourth-order valence-corrected chi connectivity index (χ4v) is 2.48. The predicted octanol–water partition coefficient (Wildman–Crippen LogP) is 3.43. The van der Waals surface area contributed by atoms with Crippen molar-refractivity contribution in [3.63, 3.8) is 0 Å². The highest BCUT2D eigenvalue weighted by Crippen LogP contribution is 2.37. The quantitative estimate of drug-likeness (QED) is 0.870. The van der Waals surface area contributed by atoms with Gasteiger partial charge in [0.15, 0.2) is 5.69 Å². The minimum absolute atomic E-state index is 0.103. The molecule has 0 bridgehead atoms. The average molecular weight is 312 g/mol. The number of alkyl halides is 5. The SMILES string of the molecule is O=C(O)c1c(C(F)(F)F)cnn1CC1CCC(F)(F)CC1. The van der Waals surface area contributed by atoms with E-state index in [1.54, 1.807) is 0 Å². The number of nitrogens with zero attached hydrogens (tertiary/aromatic N) is 2. The van der Waals surface area contributed by atoms with E-state index in [1.807, 2.05) is 0 Å². The standard InChI is InChI=1S/C12H13F5N2O2/c13-11(14)3-1-7(2-4-11)6-19-9(10(20)21)8(5-18-19)12(15,16)17/h5,7H,1-4,6H2,(H,20,21). The summed E-state index contributed by atoms with van der Waals surface area (Å²) in [6.45, 7) is -0.103. The summed E-state index contributed by atoms with van der Waals surface area (Å²) in [5.41, 5.74) is -2.27. The van der Waals surface area contributed by atoms with Gasteiger partial charge in [-0.3, -0.25) is 4.68 Å². The summed E-state index contributed by atoms with van der Waals surface area (Å²) in [5, 5.41) is 12.4. The summed E-state index contributed by atoms with van der Waals surface area (Å²) in [4.78, 5) is 11.0. The van der Waals surface area contributed by atoms with Crippen LogP contribution in [-0.2, 0) is 12.7 Å². The maximum absolute atomic E-state index is 13.0. The maximum atomic E-state index is 13.0. The summed E-state index contributed by atoms with van der Waals surface area (Å²) in [7, 11) is 0. The maximum Gasteiger partial charge on any atom is 0.420 e. The molecule has 1 aliphatic carbocycles. The highest BCUT2D eigenvalue weighted by Gasteiger charge is 2.40. The molecule has 1 heterocycles. The Morgan fingerprint density at radius 1 is 1.38 bits per heavy atom. The van der Waals surface area contributed by atoms with Crippen LogP contribution in [0, 0.1) is 5.92 Å². The van der Waals surface area contributed by atoms with E-state index in [1.165, 1.54) is 0 Å². The summed E-state index contributed by atoms with van der Waals surface area (Å²) < 4.78 is 64.8. The third-order valence-electron chi connectivity index (χ3n) is 3.62. The van der Waals surface area contributed by atoms with E-state index < -0.39 is 29.3 Å². The van der Waals surface area contributed by atoms with Crippen LogP contribution in [0.4, 0.5) is 22.0 Å². The van der Waals surface area contributed by atoms with Crippen molar-refractivity contribution in [2.24, 2.45) is 5.92 Å². The molecular weight excluding hydrogens is 299 g/mol. The molecule has 118 valence electrons. The third kappa shape index (κ3) is 3.51. The molecule has 4 nitrogen and oxygen atoms in total. The molecule has 0 atom stereocenters. The van der Waals surface area contributed by atoms with Gasteiger partial charge in [0, 0.05) is 19.4 Å². The number of rotatable bonds is 3. The second kappa shape index (κ2) is 5.27. The molecule has 0 aliphatic heterocycles. The minimum atomic E-state index is -4.81. The zero-order valence-corrected chi connectivity index (χ0v) is 10.8. The van der Waals surface area contributed by atoms with E-state index in [2.05, 4.69) is 5.10 Å². The number of carbonyl (C=O) groups is 1. The first-order valence-electron chi connectivity index (χ1n) is 6.34. The topological polar surface area (TPSA) is 55.1 Å². The number of aromatic nitrogens is 2. The summed E-state index contributed by atoms with van der Waals surface area (Å²) in [5.74, 6) is -4.78. The molecule has 0 radical (unpaired) electrons. The van der Waals surface area contributed by atoms with E-state index in [-0.39, 0.29) is 38.1 Å². The van der Waals surface area contributed by atoms with Crippen LogP contribution >= 0.6 is 0 Å². The molecule has 1 N–H and O–H groups in total. The van der Waals surface area contributed by atoms with Gasteiger partial charge in [-0.15, -0.1) is 0 Å². The van der Waals surface area contributed by atoms with Crippen LogP contribution in [0.15, 0.2) is 6.20 Å². The third-order valence-corrected chi connectivity index (χ3v) is 3.62. The summed E-state index contributed by atoms with van der Waals surface area (Å²) in [6, 6.07) is 0. The van der Waals surface area contributed by atoms with Gasteiger partial charge in [0.2, 0.25) is 5.92 Å². The average Bonchev–Trinajstić information content (AvgIpc) is 2.75. The van der Waals surface area contributed by atoms with Crippen molar-refractivity contribution in [1.29, 1.82) is 0 Å². The Bertz CT molecular complexity index is 528. The van der Waals surface area contributed by atoms with Crippen LogP contribution in [0.1, 0.15) is 41.7 Å². The van der Waals surface area contributed by atoms with Crippen LogP contribution in [0.3, 0.4) is 0 Å². The molecule has 0 unspecified atom stereocenters. The van der Waals surface area contributed by atoms with Gasteiger partial charge < -0.3 is 5.11 Å². The van der Waals surface area contributed by atoms with E-state index in [9.17, 15) is 26.7 Å². The number of halogens is 5. The highest BCUT2D eigenvalue weighted by atomic mass is 19.4. The molecule has 9 heteroatoms. The predicted molar refractivity (Wildman–Crippen MR) is 61.1 cm³/mol. The number of hydrogen-bond donors (Lipinski definition) is 1. The highest BCUT2D eigenvalue weighted by molar-refractivity contribution is 5.87. The van der Waals surface area contributed by atoms with E-state index in [4.69, 9.17) is 5.11 Å². The van der Waals surface area contributed by atoms with Crippen LogP contribution in [0.2, 0.25) is 0 Å². The summed E-state index contributed by atoms with van der Waals surface area (Å²) in [6.07, 6.45) is -4.77. The van der Waals surface area contributed by atoms with Crippen molar-refractivity contribution in [1.82, 2.24) is 9.78 Å². The molecule has 1 aromatic heterocycles. The van der Waals surface area contributed by atoms with Crippen molar-refractivity contribution < 1.29 is 31.9 Å². The number of carboxylic acid groups (broad SMARTS) is 1. The van der Waals surface area contributed by atoms with E-state index >= 15 is 0 Å². The van der Waals surface area contributed by atoms with Gasteiger partial charge in [0.1, 0.15) is 5.56 Å². The molecule has 0 amide bonds. The Kier molecular flexibility index (Phi) is 3.94. The summed E-state index contributed by atoms with van der Waals surface area (Å²) >= 11 is 0. The molecule has 1 fully saturated rings. The fraction of sp³-hybridized carbons (Fsp3) is 0.667. The van der Waals surface area contributed by atoms with Crippen LogP contribution in [-0.4, -0.2) is 26.8 Å². The van der Waals surface area contributed by atoms with Crippen molar-refractivity contribution in [3.8, 4) is 0 Å². The minimum Gasteiger partial charge on any atom is -0.477 e. The lowest BCUT2D eigenvalue weighted by molar-refractivity contribution is -0.138. The van der Waals surface area contributed by atoms with Crippen molar-refractivity contribution >= 4 is 5.97 Å². The Morgan fingerprint density at radius 2 is 1.95 bits per heavy atom. The van der Waals surface area contributed by atoms with Crippen LogP contribution < -0.4 is 0 Å². The number of aromatic carboxylic acids is 1. The van der Waals surface area contributed by atoms with E-state index in [0.29, 0.717) is 6.20 Å². The zero-order valence-electron chi connectivity index (χ0n) is 10.8. The molecule has 1 aromatic rings. The Balaban J connectivity index is 2.18. The first-order chi connectivity index (χ1) is 9.60. The Morgan fingerprint density at radius 3 is 2.43 bits per heavy atom. The second-order valence-corrected chi connectivity index (χ2v) is 5.19. The van der Waals surface area contributed by atoms with Crippen LogP contribution in [0.5, 0.6) is 0 Å². The van der Waals surface area contributed by atoms with Gasteiger partial charge in [-0.05, 0) is 18.8 Å². The van der Waals surface area contributed by atoms with Gasteiger partial charge in [0.05, 0.1) is 6.20 Å². The van der Waals surface area contributed by atoms with Gasteiger partial charge in [-0.1, -0.05) is 0 Å². The fourth-order valence-electron chi connectivity index (χ4n) is 2.48. The monoisotopic (exact) mass is 312 g/mol. The van der Waals surface area contributed by atoms with Crippen molar-refractivity contribution in [2.45, 2.75) is 44.3 Å². The first-order valence-corrected chi connectivity index (χ1v) is 6.34. The molecule has 1 saturated carbocycles. The smallest absolute Gasteiger partial charge is 0.420 e.